The first-order valence-corrected chi connectivity index (χ1v) is 7.84. The van der Waals surface area contributed by atoms with E-state index in [1.165, 1.54) is 12.8 Å². The second-order valence-corrected chi connectivity index (χ2v) is 7.49. The molecule has 1 aliphatic carbocycles. The van der Waals surface area contributed by atoms with Crippen molar-refractivity contribution in [2.45, 2.75) is 51.5 Å². The number of aromatic amines is 1. The monoisotopic (exact) mass is 291 g/mol. The van der Waals surface area contributed by atoms with Gasteiger partial charge < -0.3 is 10.6 Å². The summed E-state index contributed by atoms with van der Waals surface area (Å²) in [5.74, 6) is 1.97. The van der Waals surface area contributed by atoms with Gasteiger partial charge in [0.15, 0.2) is 0 Å². The van der Waals surface area contributed by atoms with Gasteiger partial charge in [-0.15, -0.1) is 5.10 Å². The Hall–Kier alpha value is -1.43. The van der Waals surface area contributed by atoms with Gasteiger partial charge in [0.2, 0.25) is 5.82 Å². The van der Waals surface area contributed by atoms with Gasteiger partial charge in [0.05, 0.1) is 0 Å². The van der Waals surface area contributed by atoms with Crippen molar-refractivity contribution in [2.24, 2.45) is 17.6 Å². The largest absolute Gasteiger partial charge is 0.335 e. The lowest BCUT2D eigenvalue weighted by atomic mass is 9.78. The average Bonchev–Trinajstić information content (AvgIpc) is 3.05. The van der Waals surface area contributed by atoms with Crippen LogP contribution in [0.25, 0.3) is 0 Å². The molecule has 1 aliphatic heterocycles. The first-order chi connectivity index (χ1) is 9.86. The molecule has 6 heteroatoms. The van der Waals surface area contributed by atoms with Gasteiger partial charge in [-0.2, -0.15) is 0 Å². The van der Waals surface area contributed by atoms with Gasteiger partial charge in [-0.05, 0) is 24.7 Å². The molecular formula is C15H25N5O. The molecule has 1 amide bonds. The zero-order chi connectivity index (χ0) is 15.2. The second kappa shape index (κ2) is 5.09. The molecule has 1 aromatic heterocycles. The molecule has 2 fully saturated rings. The van der Waals surface area contributed by atoms with Crippen molar-refractivity contribution >= 4 is 5.91 Å². The number of H-pyrrole nitrogens is 1. The smallest absolute Gasteiger partial charge is 0.293 e. The molecule has 0 bridgehead atoms. The molecule has 1 saturated carbocycles. The Bertz CT molecular complexity index is 532. The van der Waals surface area contributed by atoms with E-state index in [-0.39, 0.29) is 23.2 Å². The SMILES string of the molecule is CC(C)(C)c1nc(C(=O)N2CC3CCCC(N)C3C2)n[nH]1. The Morgan fingerprint density at radius 3 is 2.71 bits per heavy atom. The molecule has 1 aromatic rings. The van der Waals surface area contributed by atoms with E-state index < -0.39 is 0 Å². The van der Waals surface area contributed by atoms with Gasteiger partial charge >= 0.3 is 0 Å². The lowest BCUT2D eigenvalue weighted by molar-refractivity contribution is 0.0771. The fourth-order valence-corrected chi connectivity index (χ4v) is 3.52. The van der Waals surface area contributed by atoms with Crippen molar-refractivity contribution in [1.82, 2.24) is 20.1 Å². The van der Waals surface area contributed by atoms with Crippen LogP contribution in [-0.2, 0) is 5.41 Å². The summed E-state index contributed by atoms with van der Waals surface area (Å²) in [6.45, 7) is 7.70. The third-order valence-electron chi connectivity index (χ3n) is 4.83. The van der Waals surface area contributed by atoms with Crippen molar-refractivity contribution in [1.29, 1.82) is 0 Å². The molecule has 116 valence electrons. The minimum Gasteiger partial charge on any atom is -0.335 e. The highest BCUT2D eigenvalue weighted by Crippen LogP contribution is 2.35. The van der Waals surface area contributed by atoms with Gasteiger partial charge in [-0.1, -0.05) is 27.2 Å². The molecule has 0 spiro atoms. The van der Waals surface area contributed by atoms with E-state index in [1.54, 1.807) is 0 Å². The highest BCUT2D eigenvalue weighted by molar-refractivity contribution is 5.90. The number of nitrogens with one attached hydrogen (secondary N) is 1. The van der Waals surface area contributed by atoms with Crippen molar-refractivity contribution in [3.05, 3.63) is 11.6 Å². The first kappa shape index (κ1) is 14.5. The van der Waals surface area contributed by atoms with Crippen LogP contribution in [0, 0.1) is 11.8 Å². The van der Waals surface area contributed by atoms with E-state index in [4.69, 9.17) is 5.73 Å². The van der Waals surface area contributed by atoms with Crippen LogP contribution < -0.4 is 5.73 Å². The van der Waals surface area contributed by atoms with Gasteiger partial charge in [0.1, 0.15) is 5.82 Å². The summed E-state index contributed by atoms with van der Waals surface area (Å²) < 4.78 is 0. The van der Waals surface area contributed by atoms with Crippen molar-refractivity contribution in [2.75, 3.05) is 13.1 Å². The third-order valence-corrected chi connectivity index (χ3v) is 4.83. The highest BCUT2D eigenvalue weighted by Gasteiger charge is 2.41. The normalized spacial score (nSPS) is 29.5. The molecule has 3 N–H and O–H groups in total. The van der Waals surface area contributed by atoms with Crippen LogP contribution in [-0.4, -0.2) is 45.1 Å². The Morgan fingerprint density at radius 1 is 1.33 bits per heavy atom. The number of hydrogen-bond donors (Lipinski definition) is 2. The summed E-state index contributed by atoms with van der Waals surface area (Å²) in [6.07, 6.45) is 3.45. The zero-order valence-corrected chi connectivity index (χ0v) is 13.1. The summed E-state index contributed by atoms with van der Waals surface area (Å²) in [6, 6.07) is 0.235. The Labute approximate surface area is 125 Å². The second-order valence-electron chi connectivity index (χ2n) is 7.49. The minimum absolute atomic E-state index is 0.0663. The topological polar surface area (TPSA) is 87.9 Å². The number of fused-ring (bicyclic) bond motifs is 1. The number of carbonyl (C=O) groups excluding carboxylic acids is 1. The molecule has 6 nitrogen and oxygen atoms in total. The predicted molar refractivity (Wildman–Crippen MR) is 79.8 cm³/mol. The van der Waals surface area contributed by atoms with E-state index in [0.29, 0.717) is 11.8 Å². The van der Waals surface area contributed by atoms with Crippen LogP contribution in [0.5, 0.6) is 0 Å². The van der Waals surface area contributed by atoms with Crippen LogP contribution >= 0.6 is 0 Å². The van der Waals surface area contributed by atoms with Gasteiger partial charge in [-0.25, -0.2) is 4.98 Å². The standard InChI is InChI=1S/C15H25N5O/c1-15(2,3)14-17-12(18-19-14)13(21)20-7-9-5-4-6-11(16)10(9)8-20/h9-11H,4-8,16H2,1-3H3,(H,17,18,19). The third kappa shape index (κ3) is 2.69. The van der Waals surface area contributed by atoms with Gasteiger partial charge in [0.25, 0.3) is 5.91 Å². The van der Waals surface area contributed by atoms with Crippen molar-refractivity contribution in [3.63, 3.8) is 0 Å². The fraction of sp³-hybridized carbons (Fsp3) is 0.800. The molecule has 3 atom stereocenters. The number of aromatic nitrogens is 3. The summed E-state index contributed by atoms with van der Waals surface area (Å²) in [4.78, 5) is 18.8. The zero-order valence-electron chi connectivity index (χ0n) is 13.1. The molecule has 2 aliphatic rings. The lowest BCUT2D eigenvalue weighted by Gasteiger charge is -2.29. The number of amides is 1. The van der Waals surface area contributed by atoms with E-state index in [1.807, 2.05) is 25.7 Å². The number of carbonyl (C=O) groups is 1. The van der Waals surface area contributed by atoms with E-state index in [0.717, 1.165) is 25.3 Å². The number of nitrogens with two attached hydrogens (primary N) is 1. The summed E-state index contributed by atoms with van der Waals surface area (Å²) >= 11 is 0. The van der Waals surface area contributed by atoms with E-state index >= 15 is 0 Å². The minimum atomic E-state index is -0.132. The molecule has 0 radical (unpaired) electrons. The quantitative estimate of drug-likeness (QED) is 0.816. The lowest BCUT2D eigenvalue weighted by Crippen LogP contribution is -2.38. The fourth-order valence-electron chi connectivity index (χ4n) is 3.52. The van der Waals surface area contributed by atoms with Crippen molar-refractivity contribution < 1.29 is 4.79 Å². The Balaban J connectivity index is 1.73. The Kier molecular flexibility index (Phi) is 3.51. The van der Waals surface area contributed by atoms with Crippen LogP contribution in [0.2, 0.25) is 0 Å². The van der Waals surface area contributed by atoms with Gasteiger partial charge in [-0.3, -0.25) is 9.89 Å². The molecule has 21 heavy (non-hydrogen) atoms. The predicted octanol–water partition coefficient (Wildman–Crippen LogP) is 1.30. The molecule has 3 unspecified atom stereocenters. The molecular weight excluding hydrogens is 266 g/mol. The van der Waals surface area contributed by atoms with Crippen LogP contribution in [0.15, 0.2) is 0 Å². The number of nitrogens with zero attached hydrogens (tertiary/aromatic N) is 3. The number of rotatable bonds is 1. The van der Waals surface area contributed by atoms with Crippen LogP contribution in [0.4, 0.5) is 0 Å². The number of likely N-dealkylation sites (tertiary alicyclic amines) is 1. The first-order valence-electron chi connectivity index (χ1n) is 7.84. The van der Waals surface area contributed by atoms with Crippen LogP contribution in [0.3, 0.4) is 0 Å². The maximum atomic E-state index is 12.6. The van der Waals surface area contributed by atoms with E-state index in [2.05, 4.69) is 15.2 Å². The van der Waals surface area contributed by atoms with Gasteiger partial charge in [0, 0.05) is 24.5 Å². The molecule has 3 rings (SSSR count). The highest BCUT2D eigenvalue weighted by atomic mass is 16.2. The molecule has 2 heterocycles. The summed E-state index contributed by atoms with van der Waals surface area (Å²) in [5.41, 5.74) is 6.07. The average molecular weight is 291 g/mol. The Morgan fingerprint density at radius 2 is 2.10 bits per heavy atom. The summed E-state index contributed by atoms with van der Waals surface area (Å²) in [5, 5.41) is 6.99. The molecule has 0 aromatic carbocycles. The van der Waals surface area contributed by atoms with E-state index in [9.17, 15) is 4.79 Å². The van der Waals surface area contributed by atoms with Crippen LogP contribution in [0.1, 0.15) is 56.5 Å². The maximum absolute atomic E-state index is 12.6. The summed E-state index contributed by atoms with van der Waals surface area (Å²) in [7, 11) is 0. The maximum Gasteiger partial charge on any atom is 0.293 e. The number of hydrogen-bond acceptors (Lipinski definition) is 4. The molecule has 1 saturated heterocycles. The van der Waals surface area contributed by atoms with Crippen molar-refractivity contribution in [3.8, 4) is 0 Å².